The van der Waals surface area contributed by atoms with Crippen LogP contribution in [0.15, 0.2) is 36.4 Å². The van der Waals surface area contributed by atoms with E-state index < -0.39 is 4.92 Å². The molecule has 7 heteroatoms. The summed E-state index contributed by atoms with van der Waals surface area (Å²) in [6.45, 7) is 0. The molecule has 0 saturated carbocycles. The minimum Gasteiger partial charge on any atom is -0.506 e. The molecule has 0 spiro atoms. The van der Waals surface area contributed by atoms with Crippen molar-refractivity contribution in [3.8, 4) is 11.8 Å². The molecule has 2 aromatic rings. The second-order valence-corrected chi connectivity index (χ2v) is 6.63. The molecule has 0 radical (unpaired) electrons. The molecule has 0 amide bonds. The average Bonchev–Trinajstić information content (AvgIpc) is 2.50. The van der Waals surface area contributed by atoms with E-state index in [-0.39, 0.29) is 11.4 Å². The topological polar surface area (TPSA) is 87.2 Å². The van der Waals surface area contributed by atoms with Gasteiger partial charge in [0.2, 0.25) is 0 Å². The summed E-state index contributed by atoms with van der Waals surface area (Å²) in [5.41, 5.74) is 1.76. The number of hydrogen-bond donors (Lipinski definition) is 1. The molecule has 0 aliphatic heterocycles. The van der Waals surface area contributed by atoms with Gasteiger partial charge >= 0.3 is 0 Å². The Morgan fingerprint density at radius 3 is 2.23 bits per heavy atom. The molecule has 0 bridgehead atoms. The highest BCUT2D eigenvalue weighted by Crippen LogP contribution is 2.29. The predicted molar refractivity (Wildman–Crippen MR) is 100 cm³/mol. The molecule has 0 heterocycles. The zero-order valence-corrected chi connectivity index (χ0v) is 15.3. The van der Waals surface area contributed by atoms with E-state index in [1.807, 2.05) is 45.2 Å². The van der Waals surface area contributed by atoms with E-state index in [1.165, 1.54) is 12.1 Å². The summed E-state index contributed by atoms with van der Waals surface area (Å²) < 4.78 is 1.38. The van der Waals surface area contributed by atoms with Crippen molar-refractivity contribution in [3.05, 3.63) is 64.8 Å². The molecule has 1 N–H and O–H groups in total. The SMILES string of the molecule is N#C/C(=C/c1cc(I)c(O)c(I)c1)c1ccc([N+](=O)[O-])cc1. The van der Waals surface area contributed by atoms with Gasteiger partial charge in [0.05, 0.1) is 23.7 Å². The first kappa shape index (κ1) is 16.7. The Balaban J connectivity index is 2.44. The van der Waals surface area contributed by atoms with Gasteiger partial charge < -0.3 is 5.11 Å². The van der Waals surface area contributed by atoms with Gasteiger partial charge in [-0.2, -0.15) is 5.26 Å². The number of phenols is 1. The maximum atomic E-state index is 10.7. The van der Waals surface area contributed by atoms with E-state index in [0.717, 1.165) is 5.56 Å². The largest absolute Gasteiger partial charge is 0.506 e. The molecule has 0 aromatic heterocycles. The first-order valence-electron chi connectivity index (χ1n) is 5.97. The lowest BCUT2D eigenvalue weighted by Gasteiger charge is -2.04. The van der Waals surface area contributed by atoms with Crippen LogP contribution in [0.4, 0.5) is 5.69 Å². The van der Waals surface area contributed by atoms with Crippen molar-refractivity contribution in [3.63, 3.8) is 0 Å². The molecular weight excluding hydrogens is 510 g/mol. The van der Waals surface area contributed by atoms with Crippen molar-refractivity contribution < 1.29 is 10.0 Å². The third-order valence-corrected chi connectivity index (χ3v) is 4.50. The summed E-state index contributed by atoms with van der Waals surface area (Å²) in [6.07, 6.45) is 1.69. The van der Waals surface area contributed by atoms with Crippen LogP contribution in [0.5, 0.6) is 5.75 Å². The van der Waals surface area contributed by atoms with Crippen LogP contribution in [0, 0.1) is 28.6 Å². The number of benzene rings is 2. The van der Waals surface area contributed by atoms with Gasteiger partial charge in [-0.15, -0.1) is 0 Å². The lowest BCUT2D eigenvalue weighted by atomic mass is 10.0. The highest BCUT2D eigenvalue weighted by molar-refractivity contribution is 14.1. The second-order valence-electron chi connectivity index (χ2n) is 4.31. The average molecular weight is 518 g/mol. The van der Waals surface area contributed by atoms with E-state index in [2.05, 4.69) is 6.07 Å². The van der Waals surface area contributed by atoms with Gasteiger partial charge in [0, 0.05) is 12.1 Å². The fraction of sp³-hybridized carbons (Fsp3) is 0. The van der Waals surface area contributed by atoms with Crippen molar-refractivity contribution in [2.75, 3.05) is 0 Å². The molecule has 0 fully saturated rings. The van der Waals surface area contributed by atoms with E-state index >= 15 is 0 Å². The van der Waals surface area contributed by atoms with Gasteiger partial charge in [0.1, 0.15) is 5.75 Å². The first-order chi connectivity index (χ1) is 10.4. The number of halogens is 2. The van der Waals surface area contributed by atoms with Crippen LogP contribution in [0.1, 0.15) is 11.1 Å². The molecule has 0 unspecified atom stereocenters. The third kappa shape index (κ3) is 3.75. The number of hydrogen-bond acceptors (Lipinski definition) is 4. The summed E-state index contributed by atoms with van der Waals surface area (Å²) in [5, 5.41) is 29.7. The standard InChI is InChI=1S/C15H8I2N2O3/c16-13-6-9(7-14(17)15(13)20)5-11(8-18)10-1-3-12(4-2-10)19(21)22/h1-7,20H/b11-5-. The van der Waals surface area contributed by atoms with Gasteiger partial charge in [-0.1, -0.05) is 0 Å². The normalized spacial score (nSPS) is 11.0. The molecule has 22 heavy (non-hydrogen) atoms. The van der Waals surface area contributed by atoms with Crippen LogP contribution in [0.3, 0.4) is 0 Å². The van der Waals surface area contributed by atoms with Crippen LogP contribution < -0.4 is 0 Å². The Morgan fingerprint density at radius 2 is 1.77 bits per heavy atom. The summed E-state index contributed by atoms with van der Waals surface area (Å²) in [4.78, 5) is 10.2. The number of non-ortho nitro benzene ring substituents is 1. The maximum absolute atomic E-state index is 10.7. The summed E-state index contributed by atoms with van der Waals surface area (Å²) in [7, 11) is 0. The second kappa shape index (κ2) is 7.06. The Kier molecular flexibility index (Phi) is 5.36. The van der Waals surface area contributed by atoms with E-state index in [0.29, 0.717) is 18.3 Å². The number of rotatable bonds is 3. The molecule has 0 aliphatic rings. The highest BCUT2D eigenvalue weighted by atomic mass is 127. The quantitative estimate of drug-likeness (QED) is 0.212. The fourth-order valence-corrected chi connectivity index (χ4v) is 3.59. The minimum atomic E-state index is -0.482. The van der Waals surface area contributed by atoms with Crippen molar-refractivity contribution in [1.29, 1.82) is 5.26 Å². The maximum Gasteiger partial charge on any atom is 0.269 e. The van der Waals surface area contributed by atoms with Gasteiger partial charge in [-0.25, -0.2) is 0 Å². The fourth-order valence-electron chi connectivity index (χ4n) is 1.78. The predicted octanol–water partition coefficient (Wildman–Crippen LogP) is 4.57. The Hall–Kier alpha value is -1.67. The summed E-state index contributed by atoms with van der Waals surface area (Å²) in [6, 6.07) is 11.4. The molecule has 110 valence electrons. The summed E-state index contributed by atoms with van der Waals surface area (Å²) >= 11 is 4.04. The van der Waals surface area contributed by atoms with Gasteiger partial charge in [0.25, 0.3) is 5.69 Å². The Labute approximate surface area is 153 Å². The smallest absolute Gasteiger partial charge is 0.269 e. The van der Waals surface area contributed by atoms with Crippen LogP contribution >= 0.6 is 45.2 Å². The molecule has 0 aliphatic carbocycles. The van der Waals surface area contributed by atoms with Crippen molar-refractivity contribution in [2.24, 2.45) is 0 Å². The number of allylic oxidation sites excluding steroid dienone is 1. The molecule has 2 rings (SSSR count). The van der Waals surface area contributed by atoms with Crippen LogP contribution in [-0.4, -0.2) is 10.0 Å². The molecule has 0 saturated heterocycles. The molecular formula is C15H8I2N2O3. The number of nitrogens with zero attached hydrogens (tertiary/aromatic N) is 2. The molecule has 2 aromatic carbocycles. The summed E-state index contributed by atoms with van der Waals surface area (Å²) in [5.74, 6) is 0.215. The number of phenolic OH excluding ortho intramolecular Hbond substituents is 1. The minimum absolute atomic E-state index is 0.0187. The number of nitro benzene ring substituents is 1. The highest BCUT2D eigenvalue weighted by Gasteiger charge is 2.09. The van der Waals surface area contributed by atoms with Crippen LogP contribution in [0.25, 0.3) is 11.6 Å². The molecule has 0 atom stereocenters. The van der Waals surface area contributed by atoms with Crippen LogP contribution in [-0.2, 0) is 0 Å². The zero-order valence-electron chi connectivity index (χ0n) is 11.0. The van der Waals surface area contributed by atoms with Gasteiger partial charge in [0.15, 0.2) is 0 Å². The molecule has 5 nitrogen and oxygen atoms in total. The lowest BCUT2D eigenvalue weighted by Crippen LogP contribution is -1.89. The first-order valence-corrected chi connectivity index (χ1v) is 8.12. The van der Waals surface area contributed by atoms with Crippen molar-refractivity contribution in [2.45, 2.75) is 0 Å². The zero-order chi connectivity index (χ0) is 16.3. The van der Waals surface area contributed by atoms with Crippen LogP contribution in [0.2, 0.25) is 0 Å². The van der Waals surface area contributed by atoms with Gasteiger partial charge in [-0.3, -0.25) is 10.1 Å². The third-order valence-electron chi connectivity index (χ3n) is 2.86. The van der Waals surface area contributed by atoms with E-state index in [4.69, 9.17) is 0 Å². The van der Waals surface area contributed by atoms with E-state index in [1.54, 1.807) is 30.3 Å². The number of aromatic hydroxyl groups is 1. The Morgan fingerprint density at radius 1 is 1.23 bits per heavy atom. The Bertz CT molecular complexity index is 786. The lowest BCUT2D eigenvalue weighted by molar-refractivity contribution is -0.384. The number of nitriles is 1. The van der Waals surface area contributed by atoms with Crippen molar-refractivity contribution in [1.82, 2.24) is 0 Å². The van der Waals surface area contributed by atoms with Crippen molar-refractivity contribution >= 4 is 62.5 Å². The van der Waals surface area contributed by atoms with E-state index in [9.17, 15) is 20.5 Å². The van der Waals surface area contributed by atoms with Gasteiger partial charge in [-0.05, 0) is 86.7 Å². The number of nitro groups is 1. The monoisotopic (exact) mass is 518 g/mol.